The molecule has 1 atom stereocenters. The van der Waals surface area contributed by atoms with Gasteiger partial charge in [-0.05, 0) is 39.8 Å². The van der Waals surface area contributed by atoms with Crippen LogP contribution in [0.5, 0.6) is 0 Å². The Morgan fingerprint density at radius 3 is 2.35 bits per heavy atom. The zero-order valence-electron chi connectivity index (χ0n) is 12.4. The van der Waals surface area contributed by atoms with E-state index < -0.39 is 6.03 Å². The van der Waals surface area contributed by atoms with Crippen LogP contribution in [0.3, 0.4) is 0 Å². The van der Waals surface area contributed by atoms with Gasteiger partial charge >= 0.3 is 6.03 Å². The van der Waals surface area contributed by atoms with Gasteiger partial charge in [0.1, 0.15) is 0 Å². The van der Waals surface area contributed by atoms with Crippen molar-refractivity contribution in [2.75, 3.05) is 26.7 Å². The van der Waals surface area contributed by atoms with E-state index in [1.54, 1.807) is 6.92 Å². The molecule has 0 radical (unpaired) electrons. The molecule has 1 heterocycles. The predicted molar refractivity (Wildman–Crippen MR) is 75.0 cm³/mol. The molecule has 1 rings (SSSR count). The molecule has 0 aromatic carbocycles. The quantitative estimate of drug-likeness (QED) is 0.660. The molecule has 4 amide bonds. The van der Waals surface area contributed by atoms with Crippen molar-refractivity contribution in [3.8, 4) is 0 Å². The molecule has 1 fully saturated rings. The van der Waals surface area contributed by atoms with E-state index >= 15 is 0 Å². The van der Waals surface area contributed by atoms with E-state index in [9.17, 15) is 14.4 Å². The normalized spacial score (nSPS) is 18.1. The van der Waals surface area contributed by atoms with Crippen LogP contribution in [-0.4, -0.2) is 55.5 Å². The van der Waals surface area contributed by atoms with Crippen LogP contribution in [0, 0.1) is 5.92 Å². The Balaban J connectivity index is 2.42. The molecule has 0 aromatic heterocycles. The van der Waals surface area contributed by atoms with E-state index in [0.717, 1.165) is 12.8 Å². The number of nitrogens with zero attached hydrogens (tertiary/aromatic N) is 1. The van der Waals surface area contributed by atoms with Crippen LogP contribution in [0.2, 0.25) is 0 Å². The second kappa shape index (κ2) is 7.84. The fourth-order valence-electron chi connectivity index (χ4n) is 2.31. The van der Waals surface area contributed by atoms with Gasteiger partial charge in [0, 0.05) is 19.5 Å². The highest BCUT2D eigenvalue weighted by molar-refractivity contribution is 5.96. The van der Waals surface area contributed by atoms with Crippen LogP contribution in [-0.2, 0) is 9.59 Å². The third-order valence-corrected chi connectivity index (χ3v) is 3.64. The van der Waals surface area contributed by atoms with Gasteiger partial charge in [0.25, 0.3) is 0 Å². The lowest BCUT2D eigenvalue weighted by atomic mass is 9.95. The van der Waals surface area contributed by atoms with Gasteiger partial charge in [0.2, 0.25) is 11.8 Å². The number of likely N-dealkylation sites (tertiary alicyclic amines) is 1. The first-order valence-corrected chi connectivity index (χ1v) is 7.03. The molecule has 0 saturated carbocycles. The highest BCUT2D eigenvalue weighted by Gasteiger charge is 2.29. The Labute approximate surface area is 119 Å². The first-order valence-electron chi connectivity index (χ1n) is 7.03. The number of carbonyl (C=O) groups excluding carboxylic acids is 3. The highest BCUT2D eigenvalue weighted by atomic mass is 16.2. The fourth-order valence-corrected chi connectivity index (χ4v) is 2.31. The van der Waals surface area contributed by atoms with Crippen molar-refractivity contribution in [1.82, 2.24) is 20.9 Å². The SMILES string of the molecule is CCNC(=O)C1CCN(C(C)C(=O)NC(=O)NC)CC1. The fraction of sp³-hybridized carbons (Fsp3) is 0.769. The molecule has 1 saturated heterocycles. The van der Waals surface area contributed by atoms with Gasteiger partial charge in [-0.3, -0.25) is 19.8 Å². The van der Waals surface area contributed by atoms with Gasteiger partial charge in [0.15, 0.2) is 0 Å². The maximum Gasteiger partial charge on any atom is 0.321 e. The summed E-state index contributed by atoms with van der Waals surface area (Å²) in [7, 11) is 1.46. The first kappa shape index (κ1) is 16.4. The number of hydrogen-bond donors (Lipinski definition) is 3. The number of nitrogens with one attached hydrogen (secondary N) is 3. The number of carbonyl (C=O) groups is 3. The molecule has 7 heteroatoms. The highest BCUT2D eigenvalue weighted by Crippen LogP contribution is 2.19. The van der Waals surface area contributed by atoms with Gasteiger partial charge in [-0.2, -0.15) is 0 Å². The molecule has 0 aromatic rings. The number of piperidine rings is 1. The summed E-state index contributed by atoms with van der Waals surface area (Å²) in [6.45, 7) is 5.68. The summed E-state index contributed by atoms with van der Waals surface area (Å²) in [5, 5.41) is 7.44. The molecule has 0 aliphatic carbocycles. The summed E-state index contributed by atoms with van der Waals surface area (Å²) in [6, 6.07) is -0.874. The summed E-state index contributed by atoms with van der Waals surface area (Å²) < 4.78 is 0. The summed E-state index contributed by atoms with van der Waals surface area (Å²) >= 11 is 0. The zero-order valence-corrected chi connectivity index (χ0v) is 12.4. The summed E-state index contributed by atoms with van der Waals surface area (Å²) in [5.74, 6) is -0.198. The van der Waals surface area contributed by atoms with Crippen molar-refractivity contribution < 1.29 is 14.4 Å². The Morgan fingerprint density at radius 1 is 1.25 bits per heavy atom. The van der Waals surface area contributed by atoms with Crippen LogP contribution >= 0.6 is 0 Å². The van der Waals surface area contributed by atoms with Gasteiger partial charge in [-0.15, -0.1) is 0 Å². The molecule has 0 bridgehead atoms. The second-order valence-electron chi connectivity index (χ2n) is 4.95. The molecule has 3 N–H and O–H groups in total. The third-order valence-electron chi connectivity index (χ3n) is 3.64. The predicted octanol–water partition coefficient (Wildman–Crippen LogP) is -0.321. The molecule has 7 nitrogen and oxygen atoms in total. The monoisotopic (exact) mass is 284 g/mol. The summed E-state index contributed by atoms with van der Waals surface area (Å²) in [4.78, 5) is 36.7. The minimum atomic E-state index is -0.501. The first-order chi connectivity index (χ1) is 9.49. The Morgan fingerprint density at radius 2 is 1.85 bits per heavy atom. The minimum absolute atomic E-state index is 0.0281. The third kappa shape index (κ3) is 4.48. The van der Waals surface area contributed by atoms with Gasteiger partial charge in [0.05, 0.1) is 6.04 Å². The lowest BCUT2D eigenvalue weighted by molar-refractivity contribution is -0.128. The van der Waals surface area contributed by atoms with E-state index in [1.165, 1.54) is 7.05 Å². The molecule has 1 aliphatic heterocycles. The van der Waals surface area contributed by atoms with Crippen LogP contribution < -0.4 is 16.0 Å². The van der Waals surface area contributed by atoms with Gasteiger partial charge < -0.3 is 10.6 Å². The van der Waals surface area contributed by atoms with Crippen LogP contribution in [0.25, 0.3) is 0 Å². The van der Waals surface area contributed by atoms with Crippen LogP contribution in [0.1, 0.15) is 26.7 Å². The summed E-state index contributed by atoms with van der Waals surface area (Å²) in [6.07, 6.45) is 1.48. The maximum absolute atomic E-state index is 11.8. The van der Waals surface area contributed by atoms with E-state index in [1.807, 2.05) is 11.8 Å². The van der Waals surface area contributed by atoms with Crippen molar-refractivity contribution >= 4 is 17.8 Å². The average molecular weight is 284 g/mol. The largest absolute Gasteiger partial charge is 0.356 e. The molecule has 0 spiro atoms. The van der Waals surface area contributed by atoms with Gasteiger partial charge in [-0.1, -0.05) is 0 Å². The van der Waals surface area contributed by atoms with E-state index in [2.05, 4.69) is 16.0 Å². The zero-order chi connectivity index (χ0) is 15.1. The van der Waals surface area contributed by atoms with Crippen LogP contribution in [0.4, 0.5) is 4.79 Å². The molecule has 1 aliphatic rings. The number of urea groups is 1. The number of imide groups is 1. The number of amides is 4. The minimum Gasteiger partial charge on any atom is -0.356 e. The Bertz CT molecular complexity index is 365. The molecule has 1 unspecified atom stereocenters. The number of rotatable bonds is 4. The van der Waals surface area contributed by atoms with Crippen molar-refractivity contribution in [2.45, 2.75) is 32.7 Å². The summed E-state index contributed by atoms with van der Waals surface area (Å²) in [5.41, 5.74) is 0. The van der Waals surface area contributed by atoms with Crippen molar-refractivity contribution in [2.24, 2.45) is 5.92 Å². The molecule has 114 valence electrons. The molecular weight excluding hydrogens is 260 g/mol. The molecular formula is C13H24N4O3. The maximum atomic E-state index is 11.8. The van der Waals surface area contributed by atoms with E-state index in [-0.39, 0.29) is 23.8 Å². The second-order valence-corrected chi connectivity index (χ2v) is 4.95. The van der Waals surface area contributed by atoms with E-state index in [4.69, 9.17) is 0 Å². The smallest absolute Gasteiger partial charge is 0.321 e. The van der Waals surface area contributed by atoms with Crippen molar-refractivity contribution in [3.05, 3.63) is 0 Å². The lowest BCUT2D eigenvalue weighted by Crippen LogP contribution is -2.52. The molecule has 20 heavy (non-hydrogen) atoms. The topological polar surface area (TPSA) is 90.5 Å². The van der Waals surface area contributed by atoms with Crippen molar-refractivity contribution in [1.29, 1.82) is 0 Å². The Kier molecular flexibility index (Phi) is 6.44. The lowest BCUT2D eigenvalue weighted by Gasteiger charge is -2.34. The average Bonchev–Trinajstić information content (AvgIpc) is 2.46. The van der Waals surface area contributed by atoms with Crippen LogP contribution in [0.15, 0.2) is 0 Å². The number of hydrogen-bond acceptors (Lipinski definition) is 4. The standard InChI is InChI=1S/C13H24N4O3/c1-4-15-12(19)10-5-7-17(8-6-10)9(2)11(18)16-13(20)14-3/h9-10H,4-8H2,1-3H3,(H,15,19)(H2,14,16,18,20). The van der Waals surface area contributed by atoms with Crippen molar-refractivity contribution in [3.63, 3.8) is 0 Å². The van der Waals surface area contributed by atoms with E-state index in [0.29, 0.717) is 19.6 Å². The Hall–Kier alpha value is -1.63. The van der Waals surface area contributed by atoms with Gasteiger partial charge in [-0.25, -0.2) is 4.79 Å².